The second kappa shape index (κ2) is 6.75. The lowest BCUT2D eigenvalue weighted by Gasteiger charge is -2.39. The number of ether oxygens (including phenoxy) is 2. The number of fused-ring (bicyclic) bond motifs is 1. The van der Waals surface area contributed by atoms with E-state index in [1.54, 1.807) is 18.2 Å². The minimum atomic E-state index is -0.673. The summed E-state index contributed by atoms with van der Waals surface area (Å²) in [6.45, 7) is 9.85. The molecule has 0 bridgehead atoms. The van der Waals surface area contributed by atoms with Crippen molar-refractivity contribution in [3.8, 4) is 0 Å². The predicted molar refractivity (Wildman–Crippen MR) is 94.3 cm³/mol. The van der Waals surface area contributed by atoms with Crippen molar-refractivity contribution in [3.05, 3.63) is 59.6 Å². The Morgan fingerprint density at radius 3 is 2.88 bits per heavy atom. The van der Waals surface area contributed by atoms with Gasteiger partial charge in [-0.05, 0) is 48.8 Å². The van der Waals surface area contributed by atoms with Crippen LogP contribution >= 0.6 is 0 Å². The Bertz CT molecular complexity index is 724. The lowest BCUT2D eigenvalue weighted by atomic mass is 9.69. The Morgan fingerprint density at radius 1 is 1.44 bits per heavy atom. The molecule has 1 saturated heterocycles. The first-order valence-electron chi connectivity index (χ1n) is 8.77. The van der Waals surface area contributed by atoms with Crippen molar-refractivity contribution in [2.24, 2.45) is 17.8 Å². The van der Waals surface area contributed by atoms with Crippen LogP contribution in [0.25, 0.3) is 0 Å². The fraction of sp³-hybridized carbons (Fsp3) is 0.476. The Hall–Kier alpha value is -1.94. The maximum Gasteiger partial charge on any atom is 0.189 e. The van der Waals surface area contributed by atoms with Crippen LogP contribution in [0, 0.1) is 30.5 Å². The Morgan fingerprint density at radius 2 is 2.20 bits per heavy atom. The van der Waals surface area contributed by atoms with Crippen molar-refractivity contribution in [2.45, 2.75) is 39.2 Å². The number of carbonyl (C=O) groups excluding carboxylic acids is 1. The van der Waals surface area contributed by atoms with E-state index in [0.29, 0.717) is 24.2 Å². The second-order valence-corrected chi connectivity index (χ2v) is 7.31. The number of hydrogen-bond donors (Lipinski definition) is 0. The molecule has 0 amide bonds. The highest BCUT2D eigenvalue weighted by molar-refractivity contribution is 5.94. The molecule has 1 aromatic rings. The van der Waals surface area contributed by atoms with E-state index in [9.17, 15) is 9.18 Å². The van der Waals surface area contributed by atoms with Gasteiger partial charge in [-0.25, -0.2) is 4.39 Å². The summed E-state index contributed by atoms with van der Waals surface area (Å²) in [6.07, 6.45) is 4.44. The molecule has 1 aromatic carbocycles. The van der Waals surface area contributed by atoms with Gasteiger partial charge in [0.05, 0.1) is 0 Å². The highest BCUT2D eigenvalue weighted by atomic mass is 19.1. The predicted octanol–water partition coefficient (Wildman–Crippen LogP) is 4.35. The van der Waals surface area contributed by atoms with Crippen LogP contribution in [-0.2, 0) is 20.7 Å². The molecule has 1 unspecified atom stereocenters. The summed E-state index contributed by atoms with van der Waals surface area (Å²) in [5, 5.41) is 0. The summed E-state index contributed by atoms with van der Waals surface area (Å²) < 4.78 is 25.9. The van der Waals surface area contributed by atoms with Gasteiger partial charge in [0.1, 0.15) is 17.2 Å². The quantitative estimate of drug-likeness (QED) is 0.745. The smallest absolute Gasteiger partial charge is 0.189 e. The standard InChI is InChI=1S/C21H25FO3/c1-5-14(3)17-11-21(20(10-19(17)23)24-12-25-21)15(4)9-16-7-6-13(2)8-18(16)22/h5-8,10,14-15,17H,1,9,11-12H2,2-4H3/t14?,15-,17+,21+/m0/s1. The van der Waals surface area contributed by atoms with Crippen LogP contribution < -0.4 is 0 Å². The fourth-order valence-corrected chi connectivity index (χ4v) is 3.89. The van der Waals surface area contributed by atoms with Gasteiger partial charge in [0.25, 0.3) is 0 Å². The van der Waals surface area contributed by atoms with Crippen LogP contribution in [-0.4, -0.2) is 18.2 Å². The molecule has 0 N–H and O–H groups in total. The number of benzene rings is 1. The topological polar surface area (TPSA) is 35.5 Å². The van der Waals surface area contributed by atoms with E-state index in [-0.39, 0.29) is 36.1 Å². The highest BCUT2D eigenvalue weighted by Crippen LogP contribution is 2.47. The molecule has 1 heterocycles. The monoisotopic (exact) mass is 344 g/mol. The number of hydrogen-bond acceptors (Lipinski definition) is 3. The van der Waals surface area contributed by atoms with E-state index in [0.717, 1.165) is 5.56 Å². The number of halogens is 1. The van der Waals surface area contributed by atoms with Crippen molar-refractivity contribution in [2.75, 3.05) is 6.79 Å². The third-order valence-electron chi connectivity index (χ3n) is 5.65. The van der Waals surface area contributed by atoms with E-state index in [1.807, 2.05) is 32.9 Å². The van der Waals surface area contributed by atoms with Gasteiger partial charge in [0.15, 0.2) is 12.6 Å². The van der Waals surface area contributed by atoms with Gasteiger partial charge in [0, 0.05) is 12.0 Å². The van der Waals surface area contributed by atoms with E-state index < -0.39 is 5.60 Å². The molecule has 0 radical (unpaired) electrons. The lowest BCUT2D eigenvalue weighted by Crippen LogP contribution is -2.46. The zero-order valence-corrected chi connectivity index (χ0v) is 15.0. The van der Waals surface area contributed by atoms with Gasteiger partial charge in [0.2, 0.25) is 0 Å². The van der Waals surface area contributed by atoms with E-state index >= 15 is 0 Å². The summed E-state index contributed by atoms with van der Waals surface area (Å²) in [7, 11) is 0. The van der Waals surface area contributed by atoms with Crippen LogP contribution in [0.1, 0.15) is 31.4 Å². The largest absolute Gasteiger partial charge is 0.469 e. The summed E-state index contributed by atoms with van der Waals surface area (Å²) in [6, 6.07) is 5.29. The van der Waals surface area contributed by atoms with Crippen molar-refractivity contribution in [3.63, 3.8) is 0 Å². The van der Waals surface area contributed by atoms with Gasteiger partial charge < -0.3 is 9.47 Å². The number of ketones is 1. The summed E-state index contributed by atoms with van der Waals surface area (Å²) in [4.78, 5) is 12.4. The minimum Gasteiger partial charge on any atom is -0.469 e. The molecule has 0 aromatic heterocycles. The SMILES string of the molecule is C=CC(C)[C@H]1C[C@]2([C@@H](C)Cc3ccc(C)cc3F)OCOC2=CC1=O. The maximum absolute atomic E-state index is 14.3. The lowest BCUT2D eigenvalue weighted by molar-refractivity contribution is -0.124. The molecule has 25 heavy (non-hydrogen) atoms. The van der Waals surface area contributed by atoms with E-state index in [1.165, 1.54) is 0 Å². The maximum atomic E-state index is 14.3. The molecule has 3 nitrogen and oxygen atoms in total. The van der Waals surface area contributed by atoms with Gasteiger partial charge in [-0.1, -0.05) is 32.1 Å². The molecular weight excluding hydrogens is 319 g/mol. The molecule has 0 spiro atoms. The first kappa shape index (κ1) is 17.9. The van der Waals surface area contributed by atoms with Gasteiger partial charge in [-0.15, -0.1) is 6.58 Å². The van der Waals surface area contributed by atoms with Gasteiger partial charge in [-0.2, -0.15) is 0 Å². The summed E-state index contributed by atoms with van der Waals surface area (Å²) in [5.41, 5.74) is 0.886. The molecule has 4 atom stereocenters. The molecule has 1 fully saturated rings. The Labute approximate surface area is 148 Å². The molecule has 0 saturated carbocycles. The first-order chi connectivity index (χ1) is 11.9. The van der Waals surface area contributed by atoms with Crippen LogP contribution in [0.3, 0.4) is 0 Å². The second-order valence-electron chi connectivity index (χ2n) is 7.31. The highest BCUT2D eigenvalue weighted by Gasteiger charge is 2.52. The van der Waals surface area contributed by atoms with E-state index in [4.69, 9.17) is 9.47 Å². The molecule has 1 aliphatic heterocycles. The van der Waals surface area contributed by atoms with Crippen molar-refractivity contribution < 1.29 is 18.7 Å². The molecule has 4 heteroatoms. The van der Waals surface area contributed by atoms with Crippen LogP contribution in [0.5, 0.6) is 0 Å². The molecular formula is C21H25FO3. The summed E-state index contributed by atoms with van der Waals surface area (Å²) >= 11 is 0. The van der Waals surface area contributed by atoms with Crippen molar-refractivity contribution >= 4 is 5.78 Å². The summed E-state index contributed by atoms with van der Waals surface area (Å²) in [5.74, 6) is 0.284. The van der Waals surface area contributed by atoms with Crippen LogP contribution in [0.4, 0.5) is 4.39 Å². The van der Waals surface area contributed by atoms with E-state index in [2.05, 4.69) is 6.58 Å². The minimum absolute atomic E-state index is 0.0222. The molecule has 134 valence electrons. The third-order valence-corrected chi connectivity index (χ3v) is 5.65. The zero-order chi connectivity index (χ0) is 18.2. The van der Waals surface area contributed by atoms with Gasteiger partial charge in [-0.3, -0.25) is 4.79 Å². The fourth-order valence-electron chi connectivity index (χ4n) is 3.89. The number of rotatable bonds is 5. The zero-order valence-electron chi connectivity index (χ0n) is 15.0. The third kappa shape index (κ3) is 3.15. The number of aryl methyl sites for hydroxylation is 1. The Balaban J connectivity index is 1.90. The Kier molecular flexibility index (Phi) is 4.83. The van der Waals surface area contributed by atoms with Crippen LogP contribution in [0.2, 0.25) is 0 Å². The average Bonchev–Trinajstić information content (AvgIpc) is 2.99. The molecule has 1 aliphatic carbocycles. The van der Waals surface area contributed by atoms with Crippen LogP contribution in [0.15, 0.2) is 42.7 Å². The van der Waals surface area contributed by atoms with Gasteiger partial charge >= 0.3 is 0 Å². The first-order valence-corrected chi connectivity index (χ1v) is 8.77. The van der Waals surface area contributed by atoms with Crippen molar-refractivity contribution in [1.82, 2.24) is 0 Å². The normalized spacial score (nSPS) is 27.9. The number of allylic oxidation sites excluding steroid dienone is 2. The average molecular weight is 344 g/mol. The number of carbonyl (C=O) groups is 1. The van der Waals surface area contributed by atoms with Crippen molar-refractivity contribution in [1.29, 1.82) is 0 Å². The molecule has 2 aliphatic rings. The molecule has 3 rings (SSSR count).